The molecule has 2 unspecified atom stereocenters. The van der Waals surface area contributed by atoms with Gasteiger partial charge in [0.2, 0.25) is 23.6 Å². The van der Waals surface area contributed by atoms with E-state index in [4.69, 9.17) is 29.9 Å². The number of piperidine rings is 2. The minimum Gasteiger partial charge on any atom is -0.488 e. The van der Waals surface area contributed by atoms with Gasteiger partial charge in [-0.25, -0.2) is 0 Å². The van der Waals surface area contributed by atoms with E-state index in [1.54, 1.807) is 23.1 Å². The molecule has 2 fully saturated rings. The Hall–Kier alpha value is -7.24. The summed E-state index contributed by atoms with van der Waals surface area (Å²) in [6.07, 6.45) is 3.37. The van der Waals surface area contributed by atoms with E-state index in [9.17, 15) is 28.8 Å². The zero-order valence-corrected chi connectivity index (χ0v) is 38.2. The van der Waals surface area contributed by atoms with Crippen molar-refractivity contribution in [3.05, 3.63) is 129 Å². The lowest BCUT2D eigenvalue weighted by molar-refractivity contribution is -0.138. The van der Waals surface area contributed by atoms with Gasteiger partial charge >= 0.3 is 0 Å². The lowest BCUT2D eigenvalue weighted by atomic mass is 10.0. The molecule has 372 valence electrons. The zero-order valence-electron chi connectivity index (χ0n) is 38.2. The van der Waals surface area contributed by atoms with Crippen molar-refractivity contribution >= 4 is 48.2 Å². The van der Waals surface area contributed by atoms with Gasteiger partial charge in [-0.1, -0.05) is 77.2 Å². The number of hydrogen-bond acceptors (Lipinski definition) is 12. The van der Waals surface area contributed by atoms with Gasteiger partial charge < -0.3 is 34.9 Å². The van der Waals surface area contributed by atoms with Gasteiger partial charge in [0.1, 0.15) is 42.1 Å². The summed E-state index contributed by atoms with van der Waals surface area (Å²) in [5, 5.41) is 11.6. The van der Waals surface area contributed by atoms with Crippen LogP contribution >= 0.6 is 0 Å². The zero-order chi connectivity index (χ0) is 48.6. The molecular weight excluding hydrogens is 897 g/mol. The molecule has 4 aromatic rings. The van der Waals surface area contributed by atoms with Crippen LogP contribution in [0.25, 0.3) is 0 Å². The minimum atomic E-state index is -0.616. The van der Waals surface area contributed by atoms with Gasteiger partial charge in [-0.15, -0.1) is 0 Å². The Kier molecular flexibility index (Phi) is 18.3. The average Bonchev–Trinajstić information content (AvgIpc) is 4.04. The summed E-state index contributed by atoms with van der Waals surface area (Å²) in [5.41, 5.74) is 14.2. The Labute approximate surface area is 408 Å². The van der Waals surface area contributed by atoms with Gasteiger partial charge in [-0.3, -0.25) is 49.1 Å². The van der Waals surface area contributed by atoms with E-state index in [0.717, 1.165) is 54.7 Å². The average molecular weight is 961 g/mol. The van der Waals surface area contributed by atoms with Gasteiger partial charge in [0.15, 0.2) is 0 Å². The van der Waals surface area contributed by atoms with E-state index < -0.39 is 23.9 Å². The first-order valence-electron chi connectivity index (χ1n) is 22.9. The van der Waals surface area contributed by atoms with Crippen molar-refractivity contribution in [1.82, 2.24) is 25.3 Å². The van der Waals surface area contributed by atoms with Gasteiger partial charge in [0, 0.05) is 49.9 Å². The van der Waals surface area contributed by atoms with Crippen molar-refractivity contribution in [3.8, 4) is 11.5 Å². The fraction of sp³-hybridized carbons (Fsp3) is 0.396. The normalized spacial score (nSPS) is 22.4. The fourth-order valence-electron chi connectivity index (χ4n) is 9.99. The molecule has 6 amide bonds. The first-order valence-corrected chi connectivity index (χ1v) is 22.9. The van der Waals surface area contributed by atoms with E-state index in [2.05, 4.69) is 59.7 Å². The van der Waals surface area contributed by atoms with Crippen molar-refractivity contribution < 1.29 is 52.9 Å². The number of likely N-dealkylation sites (N-methyl/N-ethyl adjacent to an activating group) is 1. The molecule has 6 atom stereocenters. The standard InChI is InChI=1S/C26H29N3O4.C22H21N3O4.C2H4O.CH2O2.2CH4/c1-3-28(4-2)24-19-8-6-5-7-16(19)14-22(24)33-18-9-10-20-17(13-18)15-29(26(20)32)21-11-12-23(30)27-25(21)31;23-20-15-4-2-1-3-12(15)10-18(20)29-14-5-6-16-13(9-14)11-25(22(16)28)17-7-8-19(26)24-21(17)27;1-2-3;2-1-3;;/h5-10,13,21-22,24H,3-4,11-12,14-15H2,1-2H3,(H,27,30,31);1-6,9,17-18,20H,7-8,10-11,23H2,(H,24,26,27);2H,1H3;1H,(H,2,3);2*1H4/t21?,22-,24-;17?,18-,20-;;;;/m00..../s1. The van der Waals surface area contributed by atoms with Gasteiger partial charge in [-0.2, -0.15) is 0 Å². The monoisotopic (exact) mass is 960 g/mol. The molecule has 0 aromatic heterocycles. The largest absolute Gasteiger partial charge is 0.488 e. The third kappa shape index (κ3) is 11.3. The number of rotatable bonds is 9. The minimum absolute atomic E-state index is 0. The molecule has 17 heteroatoms. The first-order chi connectivity index (χ1) is 32.8. The number of fused-ring (bicyclic) bond motifs is 4. The van der Waals surface area contributed by atoms with Crippen LogP contribution in [0.4, 0.5) is 0 Å². The second-order valence-corrected chi connectivity index (χ2v) is 17.1. The first kappa shape index (κ1) is 53.7. The third-order valence-corrected chi connectivity index (χ3v) is 13.2. The maximum Gasteiger partial charge on any atom is 0.290 e. The SMILES string of the molecule is C.C.CC=O.CCN(CC)[C@H]1c2ccccc2C[C@@H]1Oc1ccc2c(c1)CN(C1CCC(=O)NC1=O)C2=O.N[C@H]1c2ccccc2C[C@@H]1Oc1ccc2c(c1)CN(C1CCC(=O)NC1=O)C2=O.O=CO. The highest BCUT2D eigenvalue weighted by atomic mass is 16.5. The summed E-state index contributed by atoms with van der Waals surface area (Å²) in [6, 6.07) is 26.3. The maximum atomic E-state index is 13.0. The molecule has 10 rings (SSSR count). The summed E-state index contributed by atoms with van der Waals surface area (Å²) in [6.45, 7) is 8.10. The Morgan fingerprint density at radius 3 is 1.51 bits per heavy atom. The summed E-state index contributed by atoms with van der Waals surface area (Å²) in [7, 11) is 0. The van der Waals surface area contributed by atoms with Gasteiger partial charge in [0.05, 0.1) is 12.1 Å². The Balaban J connectivity index is 0.000000230. The van der Waals surface area contributed by atoms with Gasteiger partial charge in [0.25, 0.3) is 18.3 Å². The van der Waals surface area contributed by atoms with Crippen LogP contribution in [0.5, 0.6) is 11.5 Å². The molecule has 0 radical (unpaired) electrons. The van der Waals surface area contributed by atoms with Crippen LogP contribution in [0.1, 0.15) is 127 Å². The van der Waals surface area contributed by atoms with Crippen LogP contribution in [-0.4, -0.2) is 105 Å². The highest BCUT2D eigenvalue weighted by Crippen LogP contribution is 2.40. The van der Waals surface area contributed by atoms with Crippen molar-refractivity contribution in [3.63, 3.8) is 0 Å². The lowest BCUT2D eigenvalue weighted by Crippen LogP contribution is -2.52. The van der Waals surface area contributed by atoms with E-state index in [1.165, 1.54) is 28.5 Å². The predicted octanol–water partition coefficient (Wildman–Crippen LogP) is 5.46. The molecular formula is C53H64N6O11. The molecule has 0 spiro atoms. The molecule has 2 saturated heterocycles. The molecule has 17 nitrogen and oxygen atoms in total. The van der Waals surface area contributed by atoms with Crippen molar-refractivity contribution in [1.29, 1.82) is 0 Å². The van der Waals surface area contributed by atoms with E-state index in [0.29, 0.717) is 42.8 Å². The highest BCUT2D eigenvalue weighted by molar-refractivity contribution is 6.06. The molecule has 70 heavy (non-hydrogen) atoms. The van der Waals surface area contributed by atoms with Gasteiger partial charge in [-0.05, 0) is 103 Å². The fourth-order valence-corrected chi connectivity index (χ4v) is 9.99. The molecule has 0 bridgehead atoms. The van der Waals surface area contributed by atoms with E-state index in [-0.39, 0.29) is 82.1 Å². The summed E-state index contributed by atoms with van der Waals surface area (Å²) < 4.78 is 12.7. The van der Waals surface area contributed by atoms with Crippen molar-refractivity contribution in [2.24, 2.45) is 5.73 Å². The van der Waals surface area contributed by atoms with E-state index in [1.807, 2.05) is 36.4 Å². The summed E-state index contributed by atoms with van der Waals surface area (Å²) >= 11 is 0. The van der Waals surface area contributed by atoms with Crippen LogP contribution in [0.3, 0.4) is 0 Å². The van der Waals surface area contributed by atoms with Crippen molar-refractivity contribution in [2.45, 2.75) is 124 Å². The molecule has 0 saturated carbocycles. The number of imide groups is 2. The molecule has 2 aliphatic carbocycles. The van der Waals surface area contributed by atoms with E-state index >= 15 is 0 Å². The number of aldehydes is 1. The summed E-state index contributed by atoms with van der Waals surface area (Å²) in [4.78, 5) is 95.8. The number of carbonyl (C=O) groups excluding carboxylic acids is 7. The number of nitrogens with zero attached hydrogens (tertiary/aromatic N) is 3. The number of hydrogen-bond donors (Lipinski definition) is 4. The summed E-state index contributed by atoms with van der Waals surface area (Å²) in [5.74, 6) is -0.331. The number of benzene rings is 4. The Bertz CT molecular complexity index is 2590. The number of carbonyl (C=O) groups is 8. The van der Waals surface area contributed by atoms with Crippen molar-refractivity contribution in [2.75, 3.05) is 13.1 Å². The predicted molar refractivity (Wildman–Crippen MR) is 261 cm³/mol. The maximum absolute atomic E-state index is 13.0. The Morgan fingerprint density at radius 1 is 0.657 bits per heavy atom. The molecule has 4 aromatic carbocycles. The molecule has 4 aliphatic heterocycles. The third-order valence-electron chi connectivity index (χ3n) is 13.2. The van der Waals surface area contributed by atoms with Crippen LogP contribution in [-0.2, 0) is 54.7 Å². The smallest absolute Gasteiger partial charge is 0.290 e. The molecule has 4 heterocycles. The number of carboxylic acid groups (broad SMARTS) is 1. The second-order valence-electron chi connectivity index (χ2n) is 17.1. The molecule has 6 aliphatic rings. The number of ether oxygens (including phenoxy) is 2. The lowest BCUT2D eigenvalue weighted by Gasteiger charge is -2.32. The topological polar surface area (TPSA) is 235 Å². The second kappa shape index (κ2) is 23.9. The number of nitrogens with two attached hydrogens (primary N) is 1. The quantitative estimate of drug-likeness (QED) is 0.121. The highest BCUT2D eigenvalue weighted by Gasteiger charge is 2.42. The number of amides is 6. The van der Waals surface area contributed by atoms with Crippen LogP contribution < -0.4 is 25.8 Å². The van der Waals surface area contributed by atoms with Crippen LogP contribution in [0, 0.1) is 0 Å². The number of nitrogens with one attached hydrogen (secondary N) is 2. The molecule has 5 N–H and O–H groups in total. The van der Waals surface area contributed by atoms with Crippen LogP contribution in [0.15, 0.2) is 84.9 Å². The van der Waals surface area contributed by atoms with Crippen LogP contribution in [0.2, 0.25) is 0 Å². The Morgan fingerprint density at radius 2 is 1.07 bits per heavy atom.